The fraction of sp³-hybridized carbons (Fsp3) is 0.735. The van der Waals surface area contributed by atoms with Crippen LogP contribution in [0, 0.1) is 11.8 Å². The van der Waals surface area contributed by atoms with Crippen molar-refractivity contribution in [3.63, 3.8) is 0 Å². The normalized spacial score (nSPS) is 17.8. The highest BCUT2D eigenvalue weighted by molar-refractivity contribution is 5.82. The zero-order valence-electron chi connectivity index (χ0n) is 28.9. The van der Waals surface area contributed by atoms with Crippen LogP contribution in [-0.4, -0.2) is 117 Å². The molecule has 13 nitrogen and oxygen atoms in total. The maximum Gasteiger partial charge on any atom is 0.410 e. The Bertz CT molecular complexity index is 1170. The van der Waals surface area contributed by atoms with Crippen LogP contribution in [0.3, 0.4) is 0 Å². The lowest BCUT2D eigenvalue weighted by atomic mass is 9.91. The van der Waals surface area contributed by atoms with Gasteiger partial charge in [-0.2, -0.15) is 0 Å². The molecule has 0 aliphatic carbocycles. The van der Waals surface area contributed by atoms with Gasteiger partial charge in [-0.1, -0.05) is 0 Å². The number of aromatic nitrogens is 1. The number of hydrogen-bond donors (Lipinski definition) is 1. The number of rotatable bonds is 17. The second-order valence-corrected chi connectivity index (χ2v) is 13.2. The highest BCUT2D eigenvalue weighted by atomic mass is 19.1. The predicted octanol–water partition coefficient (Wildman–Crippen LogP) is 3.85. The van der Waals surface area contributed by atoms with Crippen molar-refractivity contribution in [2.24, 2.45) is 11.8 Å². The average molecular weight is 681 g/mol. The van der Waals surface area contributed by atoms with Crippen LogP contribution in [0.2, 0.25) is 0 Å². The van der Waals surface area contributed by atoms with Gasteiger partial charge in [-0.25, -0.2) is 9.18 Å². The number of piperidine rings is 2. The van der Waals surface area contributed by atoms with E-state index in [0.717, 1.165) is 19.3 Å². The Labute approximate surface area is 283 Å². The largest absolute Gasteiger partial charge is 0.490 e. The van der Waals surface area contributed by atoms with Crippen molar-refractivity contribution in [2.45, 2.75) is 77.4 Å². The van der Waals surface area contributed by atoms with Gasteiger partial charge in [0.2, 0.25) is 11.8 Å². The number of halogens is 1. The van der Waals surface area contributed by atoms with E-state index in [2.05, 4.69) is 10.3 Å². The van der Waals surface area contributed by atoms with Crippen LogP contribution in [0.4, 0.5) is 9.18 Å². The number of esters is 1. The van der Waals surface area contributed by atoms with Crippen LogP contribution >= 0.6 is 0 Å². The van der Waals surface area contributed by atoms with E-state index in [1.54, 1.807) is 22.1 Å². The van der Waals surface area contributed by atoms with Gasteiger partial charge < -0.3 is 38.8 Å². The monoisotopic (exact) mass is 680 g/mol. The fourth-order valence-corrected chi connectivity index (χ4v) is 5.73. The quantitative estimate of drug-likeness (QED) is 0.190. The molecule has 14 heteroatoms. The van der Waals surface area contributed by atoms with E-state index < -0.39 is 30.2 Å². The molecule has 270 valence electrons. The molecule has 0 spiro atoms. The van der Waals surface area contributed by atoms with Crippen LogP contribution in [0.1, 0.15) is 77.3 Å². The minimum absolute atomic E-state index is 0.0264. The Morgan fingerprint density at radius 2 is 1.69 bits per heavy atom. The highest BCUT2D eigenvalue weighted by Gasteiger charge is 2.32. The van der Waals surface area contributed by atoms with Crippen molar-refractivity contribution in [1.82, 2.24) is 20.1 Å². The number of amides is 3. The third kappa shape index (κ3) is 13.9. The second kappa shape index (κ2) is 20.1. The summed E-state index contributed by atoms with van der Waals surface area (Å²) >= 11 is 0. The molecule has 48 heavy (non-hydrogen) atoms. The number of alkyl halides is 1. The maximum absolute atomic E-state index is 13.5. The van der Waals surface area contributed by atoms with Gasteiger partial charge >= 0.3 is 12.1 Å². The van der Waals surface area contributed by atoms with Gasteiger partial charge in [0.1, 0.15) is 24.6 Å². The minimum Gasteiger partial charge on any atom is -0.490 e. The zero-order valence-corrected chi connectivity index (χ0v) is 28.9. The number of ether oxygens (including phenoxy) is 5. The smallest absolute Gasteiger partial charge is 0.410 e. The van der Waals surface area contributed by atoms with Crippen LogP contribution in [0.25, 0.3) is 0 Å². The van der Waals surface area contributed by atoms with Gasteiger partial charge in [-0.15, -0.1) is 0 Å². The number of carbonyl (C=O) groups is 4. The van der Waals surface area contributed by atoms with Crippen molar-refractivity contribution < 1.29 is 47.3 Å². The fourth-order valence-electron chi connectivity index (χ4n) is 5.73. The lowest BCUT2D eigenvalue weighted by molar-refractivity contribution is -0.141. The Kier molecular flexibility index (Phi) is 16.3. The molecule has 0 aromatic carbocycles. The first kappa shape index (κ1) is 38.9. The average Bonchev–Trinajstić information content (AvgIpc) is 3.07. The van der Waals surface area contributed by atoms with E-state index in [1.165, 1.54) is 13.3 Å². The van der Waals surface area contributed by atoms with Crippen molar-refractivity contribution in [3.8, 4) is 5.75 Å². The molecule has 2 atom stereocenters. The molecule has 2 unspecified atom stereocenters. The van der Waals surface area contributed by atoms with Gasteiger partial charge in [-0.05, 0) is 70.4 Å². The van der Waals surface area contributed by atoms with Crippen LogP contribution in [0.15, 0.2) is 18.5 Å². The van der Waals surface area contributed by atoms with Crippen LogP contribution in [0.5, 0.6) is 5.75 Å². The molecular weight excluding hydrogens is 627 g/mol. The number of likely N-dealkylation sites (tertiary alicyclic amines) is 2. The summed E-state index contributed by atoms with van der Waals surface area (Å²) in [4.78, 5) is 59.0. The topological polar surface area (TPSA) is 146 Å². The molecule has 2 aliphatic heterocycles. The number of carbonyl (C=O) groups excluding carboxylic acids is 4. The van der Waals surface area contributed by atoms with Gasteiger partial charge in [0.25, 0.3) is 0 Å². The molecule has 3 amide bonds. The number of hydrogen-bond acceptors (Lipinski definition) is 10. The number of nitrogens with zero attached hydrogens (tertiary/aromatic N) is 3. The first-order chi connectivity index (χ1) is 23.0. The Hall–Kier alpha value is -3.52. The van der Waals surface area contributed by atoms with Gasteiger partial charge in [-0.3, -0.25) is 19.4 Å². The highest BCUT2D eigenvalue weighted by Crippen LogP contribution is 2.26. The summed E-state index contributed by atoms with van der Waals surface area (Å²) in [6.07, 6.45) is 6.81. The van der Waals surface area contributed by atoms with E-state index in [1.807, 2.05) is 20.8 Å². The summed E-state index contributed by atoms with van der Waals surface area (Å²) in [5, 5.41) is 2.99. The van der Waals surface area contributed by atoms with Crippen LogP contribution in [-0.2, 0) is 33.3 Å². The van der Waals surface area contributed by atoms with Gasteiger partial charge in [0, 0.05) is 38.8 Å². The molecule has 0 radical (unpaired) electrons. The molecule has 3 rings (SSSR count). The lowest BCUT2D eigenvalue weighted by Crippen LogP contribution is -2.46. The maximum atomic E-state index is 13.5. The molecular formula is C34H53FN4O9. The second-order valence-electron chi connectivity index (χ2n) is 13.2. The zero-order chi connectivity index (χ0) is 34.9. The first-order valence-electron chi connectivity index (χ1n) is 16.9. The van der Waals surface area contributed by atoms with Gasteiger partial charge in [0.15, 0.2) is 0 Å². The molecule has 1 aromatic rings. The van der Waals surface area contributed by atoms with E-state index in [9.17, 15) is 23.6 Å². The molecule has 2 saturated heterocycles. The molecule has 0 saturated carbocycles. The van der Waals surface area contributed by atoms with E-state index in [4.69, 9.17) is 23.7 Å². The Balaban J connectivity index is 1.48. The number of nitrogens with one attached hydrogen (secondary N) is 1. The molecule has 1 aromatic heterocycles. The number of pyridine rings is 1. The van der Waals surface area contributed by atoms with Crippen LogP contribution < -0.4 is 10.1 Å². The van der Waals surface area contributed by atoms with Crippen molar-refractivity contribution in [2.75, 3.05) is 73.0 Å². The van der Waals surface area contributed by atoms with E-state index in [0.29, 0.717) is 75.9 Å². The van der Waals surface area contributed by atoms with Gasteiger partial charge in [0.05, 0.1) is 58.1 Å². The third-order valence-corrected chi connectivity index (χ3v) is 8.32. The molecule has 1 N–H and O–H groups in total. The molecule has 2 fully saturated rings. The van der Waals surface area contributed by atoms with E-state index in [-0.39, 0.29) is 44.1 Å². The number of methoxy groups -OCH3 is 1. The lowest BCUT2D eigenvalue weighted by Gasteiger charge is -2.35. The predicted molar refractivity (Wildman–Crippen MR) is 174 cm³/mol. The third-order valence-electron chi connectivity index (χ3n) is 8.32. The SMILES string of the molecule is COC(=O)CC(NC(=O)C1CCCN(C(=O)CCC2CCN(C(=O)OC(C)(C)C)CC2)C1)c1cncc(OCCOCCOCCF)c1. The van der Waals surface area contributed by atoms with E-state index >= 15 is 0 Å². The standard InChI is InChI=1S/C34H53FN4O9/c1-34(2,3)48-33(43)38-13-9-25(10-14-38)7-8-30(40)39-12-5-6-26(24-39)32(42)37-29(21-31(41)44-4)27-20-28(23-36-22-27)47-19-18-46-17-16-45-15-11-35/h20,22-23,25-26,29H,5-19,21,24H2,1-4H3,(H,37,42). The summed E-state index contributed by atoms with van der Waals surface area (Å²) in [7, 11) is 1.29. The van der Waals surface area contributed by atoms with Crippen molar-refractivity contribution >= 4 is 23.9 Å². The van der Waals surface area contributed by atoms with Crippen molar-refractivity contribution in [1.29, 1.82) is 0 Å². The Morgan fingerprint density at radius 1 is 0.979 bits per heavy atom. The summed E-state index contributed by atoms with van der Waals surface area (Å²) in [5.41, 5.74) is 0.0448. The summed E-state index contributed by atoms with van der Waals surface area (Å²) < 4.78 is 38.6. The summed E-state index contributed by atoms with van der Waals surface area (Å²) in [6.45, 7) is 8.33. The first-order valence-corrected chi connectivity index (χ1v) is 16.9. The minimum atomic E-state index is -0.706. The molecule has 0 bridgehead atoms. The van der Waals surface area contributed by atoms with Crippen molar-refractivity contribution in [3.05, 3.63) is 24.0 Å². The summed E-state index contributed by atoms with van der Waals surface area (Å²) in [6, 6.07) is 1.00. The summed E-state index contributed by atoms with van der Waals surface area (Å²) in [5.74, 6) is -0.335. The Morgan fingerprint density at radius 3 is 2.38 bits per heavy atom. The molecule has 3 heterocycles. The molecule has 2 aliphatic rings.